The zero-order valence-electron chi connectivity index (χ0n) is 10.6. The number of anilines is 2. The number of amides is 2. The van der Waals surface area contributed by atoms with Crippen LogP contribution in [0, 0.1) is 0 Å². The molecule has 0 saturated carbocycles. The van der Waals surface area contributed by atoms with E-state index in [1.165, 1.54) is 30.3 Å². The van der Waals surface area contributed by atoms with Gasteiger partial charge in [-0.15, -0.1) is 0 Å². The maximum absolute atomic E-state index is 11.7. The van der Waals surface area contributed by atoms with Crippen LogP contribution in [0.2, 0.25) is 0 Å². The number of urea groups is 1. The Kier molecular flexibility index (Phi) is 4.10. The lowest BCUT2D eigenvalue weighted by Gasteiger charge is -2.09. The molecule has 0 heterocycles. The van der Waals surface area contributed by atoms with Gasteiger partial charge in [0.25, 0.3) is 10.1 Å². The van der Waals surface area contributed by atoms with Crippen LogP contribution >= 0.6 is 0 Å². The van der Waals surface area contributed by atoms with Crippen LogP contribution in [0.25, 0.3) is 0 Å². The summed E-state index contributed by atoms with van der Waals surface area (Å²) in [5.41, 5.74) is 0.388. The van der Waals surface area contributed by atoms with E-state index in [1.54, 1.807) is 12.1 Å². The van der Waals surface area contributed by atoms with Crippen LogP contribution in [0.1, 0.15) is 0 Å². The average molecular weight is 308 g/mol. The standard InChI is InChI=1S/C13H12N2O5S/c16-12-7-2-1-6-11(12)15-13(17)14-9-4-3-5-10(8-9)21(18,19)20/h1-8,16H,(H2,14,15,17)(H,18,19,20). The summed E-state index contributed by atoms with van der Waals surface area (Å²) in [5.74, 6) is -0.0978. The summed E-state index contributed by atoms with van der Waals surface area (Å²) < 4.78 is 30.9. The van der Waals surface area contributed by atoms with Gasteiger partial charge in [-0.2, -0.15) is 8.42 Å². The molecule has 4 N–H and O–H groups in total. The van der Waals surface area contributed by atoms with Crippen LogP contribution in [0.15, 0.2) is 53.4 Å². The van der Waals surface area contributed by atoms with Crippen molar-refractivity contribution in [2.75, 3.05) is 10.6 Å². The van der Waals surface area contributed by atoms with Gasteiger partial charge in [0.15, 0.2) is 0 Å². The van der Waals surface area contributed by atoms with Gasteiger partial charge in [-0.25, -0.2) is 4.79 Å². The number of nitrogens with one attached hydrogen (secondary N) is 2. The highest BCUT2D eigenvalue weighted by Crippen LogP contribution is 2.22. The quantitative estimate of drug-likeness (QED) is 0.513. The van der Waals surface area contributed by atoms with Crippen LogP contribution < -0.4 is 10.6 Å². The summed E-state index contributed by atoms with van der Waals surface area (Å²) in [6.45, 7) is 0. The molecule has 2 amide bonds. The summed E-state index contributed by atoms with van der Waals surface area (Å²) in [6, 6.07) is 10.6. The molecule has 0 aliphatic heterocycles. The largest absolute Gasteiger partial charge is 0.506 e. The van der Waals surface area contributed by atoms with Crippen LogP contribution in [-0.2, 0) is 10.1 Å². The van der Waals surface area contributed by atoms with Crippen molar-refractivity contribution in [2.24, 2.45) is 0 Å². The number of benzene rings is 2. The van der Waals surface area contributed by atoms with Crippen LogP contribution in [0.3, 0.4) is 0 Å². The maximum atomic E-state index is 11.7. The molecule has 0 fully saturated rings. The summed E-state index contributed by atoms with van der Waals surface area (Å²) in [4.78, 5) is 11.4. The number of phenolic OH excluding ortho intramolecular Hbond substituents is 1. The molecule has 7 nitrogen and oxygen atoms in total. The lowest BCUT2D eigenvalue weighted by Crippen LogP contribution is -2.19. The van der Waals surface area contributed by atoms with Crippen LogP contribution in [0.5, 0.6) is 5.75 Å². The van der Waals surface area contributed by atoms with Crippen LogP contribution in [-0.4, -0.2) is 24.1 Å². The number of hydrogen-bond donors (Lipinski definition) is 4. The third-order valence-electron chi connectivity index (χ3n) is 2.54. The fraction of sp³-hybridized carbons (Fsp3) is 0. The summed E-state index contributed by atoms with van der Waals surface area (Å²) in [7, 11) is -4.34. The summed E-state index contributed by atoms with van der Waals surface area (Å²) in [5, 5.41) is 14.3. The fourth-order valence-corrected chi connectivity index (χ4v) is 2.12. The number of carbonyl (C=O) groups is 1. The molecule has 2 aromatic carbocycles. The van der Waals surface area contributed by atoms with E-state index in [0.29, 0.717) is 0 Å². The zero-order chi connectivity index (χ0) is 15.5. The molecule has 0 aliphatic carbocycles. The van der Waals surface area contributed by atoms with Gasteiger partial charge in [0.1, 0.15) is 5.75 Å². The maximum Gasteiger partial charge on any atom is 0.323 e. The Morgan fingerprint density at radius 2 is 1.71 bits per heavy atom. The van der Waals surface area contributed by atoms with Gasteiger partial charge < -0.3 is 15.7 Å². The number of aromatic hydroxyl groups is 1. The summed E-state index contributed by atoms with van der Waals surface area (Å²) >= 11 is 0. The first-order valence-electron chi connectivity index (χ1n) is 5.80. The molecule has 0 bridgehead atoms. The Hall–Kier alpha value is -2.58. The van der Waals surface area contributed by atoms with Crippen molar-refractivity contribution in [1.29, 1.82) is 0 Å². The molecule has 0 unspecified atom stereocenters. The predicted octanol–water partition coefficient (Wildman–Crippen LogP) is 2.28. The topological polar surface area (TPSA) is 116 Å². The minimum atomic E-state index is -4.34. The molecule has 2 aromatic rings. The first kappa shape index (κ1) is 14.8. The van der Waals surface area contributed by atoms with E-state index in [-0.39, 0.29) is 22.0 Å². The highest BCUT2D eigenvalue weighted by molar-refractivity contribution is 7.85. The van der Waals surface area contributed by atoms with Gasteiger partial charge in [0, 0.05) is 5.69 Å². The number of rotatable bonds is 3. The van der Waals surface area contributed by atoms with E-state index in [4.69, 9.17) is 4.55 Å². The van der Waals surface area contributed by atoms with E-state index < -0.39 is 16.1 Å². The van der Waals surface area contributed by atoms with Crippen molar-refractivity contribution in [1.82, 2.24) is 0 Å². The van der Waals surface area contributed by atoms with Crippen molar-refractivity contribution in [3.63, 3.8) is 0 Å². The number of para-hydroxylation sites is 2. The molecule has 0 atom stereocenters. The summed E-state index contributed by atoms with van der Waals surface area (Å²) in [6.07, 6.45) is 0. The molecule has 21 heavy (non-hydrogen) atoms. The average Bonchev–Trinajstić information content (AvgIpc) is 2.41. The second-order valence-corrected chi connectivity index (χ2v) is 5.52. The Balaban J connectivity index is 2.12. The van der Waals surface area contributed by atoms with Crippen molar-refractivity contribution in [3.05, 3.63) is 48.5 Å². The van der Waals surface area contributed by atoms with Crippen molar-refractivity contribution in [3.8, 4) is 5.75 Å². The van der Waals surface area contributed by atoms with Gasteiger partial charge in [-0.1, -0.05) is 18.2 Å². The molecule has 0 spiro atoms. The third kappa shape index (κ3) is 3.94. The molecule has 0 aliphatic rings. The number of carbonyl (C=O) groups excluding carboxylic acids is 1. The van der Waals surface area contributed by atoms with E-state index >= 15 is 0 Å². The monoisotopic (exact) mass is 308 g/mol. The molecular formula is C13H12N2O5S. The van der Waals surface area contributed by atoms with E-state index in [0.717, 1.165) is 6.07 Å². The number of phenols is 1. The zero-order valence-corrected chi connectivity index (χ0v) is 11.5. The lowest BCUT2D eigenvalue weighted by atomic mass is 10.3. The number of hydrogen-bond acceptors (Lipinski definition) is 4. The molecule has 110 valence electrons. The van der Waals surface area contributed by atoms with Crippen molar-refractivity contribution < 1.29 is 22.9 Å². The van der Waals surface area contributed by atoms with E-state index in [9.17, 15) is 18.3 Å². The molecule has 2 rings (SSSR count). The second kappa shape index (κ2) is 5.81. The Morgan fingerprint density at radius 3 is 2.38 bits per heavy atom. The first-order valence-corrected chi connectivity index (χ1v) is 7.24. The van der Waals surface area contributed by atoms with Gasteiger partial charge in [0.2, 0.25) is 0 Å². The van der Waals surface area contributed by atoms with Crippen molar-refractivity contribution >= 4 is 27.5 Å². The Bertz CT molecular complexity index is 774. The SMILES string of the molecule is O=C(Nc1cccc(S(=O)(=O)O)c1)Nc1ccccc1O. The molecular weight excluding hydrogens is 296 g/mol. The van der Waals surface area contributed by atoms with Gasteiger partial charge >= 0.3 is 6.03 Å². The Labute approximate surface area is 121 Å². The highest BCUT2D eigenvalue weighted by atomic mass is 32.2. The van der Waals surface area contributed by atoms with E-state index in [1.807, 2.05) is 0 Å². The minimum Gasteiger partial charge on any atom is -0.506 e. The smallest absolute Gasteiger partial charge is 0.323 e. The first-order chi connectivity index (χ1) is 9.86. The van der Waals surface area contributed by atoms with Gasteiger partial charge in [-0.3, -0.25) is 4.55 Å². The molecule has 8 heteroatoms. The van der Waals surface area contributed by atoms with Crippen LogP contribution in [0.4, 0.5) is 16.2 Å². The third-order valence-corrected chi connectivity index (χ3v) is 3.39. The predicted molar refractivity (Wildman–Crippen MR) is 77.0 cm³/mol. The van der Waals surface area contributed by atoms with E-state index in [2.05, 4.69) is 10.6 Å². The Morgan fingerprint density at radius 1 is 1.00 bits per heavy atom. The molecule has 0 saturated heterocycles. The fourth-order valence-electron chi connectivity index (χ4n) is 1.60. The molecule has 0 aromatic heterocycles. The second-order valence-electron chi connectivity index (χ2n) is 4.10. The highest BCUT2D eigenvalue weighted by Gasteiger charge is 2.11. The normalized spacial score (nSPS) is 10.9. The minimum absolute atomic E-state index is 0.0978. The molecule has 0 radical (unpaired) electrons. The van der Waals surface area contributed by atoms with Gasteiger partial charge in [0.05, 0.1) is 10.6 Å². The van der Waals surface area contributed by atoms with Gasteiger partial charge in [-0.05, 0) is 30.3 Å². The lowest BCUT2D eigenvalue weighted by molar-refractivity contribution is 0.262. The van der Waals surface area contributed by atoms with Crippen molar-refractivity contribution in [2.45, 2.75) is 4.90 Å².